The van der Waals surface area contributed by atoms with E-state index in [0.717, 1.165) is 62.0 Å². The number of ether oxygens (including phenoxy) is 1. The number of rotatable bonds is 15. The van der Waals surface area contributed by atoms with Crippen LogP contribution in [0.5, 0.6) is 6.01 Å². The first-order chi connectivity index (χ1) is 18.3. The number of aliphatic hydroxyl groups excluding tert-OH is 1. The van der Waals surface area contributed by atoms with E-state index in [2.05, 4.69) is 54.7 Å². The van der Waals surface area contributed by atoms with Crippen molar-refractivity contribution >= 4 is 11.6 Å². The van der Waals surface area contributed by atoms with Crippen LogP contribution in [0.1, 0.15) is 70.8 Å². The highest BCUT2D eigenvalue weighted by molar-refractivity contribution is 5.53. The number of piperidine rings is 1. The molecule has 2 atom stereocenters. The molecule has 3 heterocycles. The van der Waals surface area contributed by atoms with E-state index in [9.17, 15) is 5.11 Å². The molecule has 0 aliphatic carbocycles. The van der Waals surface area contributed by atoms with Crippen LogP contribution in [0.25, 0.3) is 5.65 Å². The van der Waals surface area contributed by atoms with E-state index in [0.29, 0.717) is 37.4 Å². The van der Waals surface area contributed by atoms with Crippen molar-refractivity contribution in [1.82, 2.24) is 24.5 Å². The normalized spacial score (nSPS) is 17.1. The van der Waals surface area contributed by atoms with Crippen molar-refractivity contribution in [1.29, 1.82) is 0 Å². The molecule has 2 aromatic rings. The molecule has 0 radical (unpaired) electrons. The Morgan fingerprint density at radius 1 is 1.29 bits per heavy atom. The number of aliphatic hydroxyl groups is 1. The lowest BCUT2D eigenvalue weighted by atomic mass is 9.92. The van der Waals surface area contributed by atoms with Crippen molar-refractivity contribution in [3.8, 4) is 6.01 Å². The zero-order valence-corrected chi connectivity index (χ0v) is 23.6. The lowest BCUT2D eigenvalue weighted by Gasteiger charge is -2.28. The van der Waals surface area contributed by atoms with E-state index in [1.165, 1.54) is 0 Å². The molecular weight excluding hydrogens is 478 g/mol. The maximum absolute atomic E-state index is 10.4. The monoisotopic (exact) mass is 525 g/mol. The van der Waals surface area contributed by atoms with Gasteiger partial charge in [0.05, 0.1) is 12.3 Å². The van der Waals surface area contributed by atoms with E-state index in [-0.39, 0.29) is 18.1 Å². The van der Waals surface area contributed by atoms with Crippen molar-refractivity contribution in [2.75, 3.05) is 38.5 Å². The fourth-order valence-corrected chi connectivity index (χ4v) is 4.68. The number of allylic oxidation sites excluding steroid dienone is 2. The van der Waals surface area contributed by atoms with Gasteiger partial charge in [0.1, 0.15) is 6.10 Å². The van der Waals surface area contributed by atoms with Gasteiger partial charge in [-0.15, -0.1) is 0 Å². The average molecular weight is 526 g/mol. The summed E-state index contributed by atoms with van der Waals surface area (Å²) in [7, 11) is 2.13. The number of aromatic nitrogens is 4. The van der Waals surface area contributed by atoms with Gasteiger partial charge in [0, 0.05) is 25.2 Å². The minimum absolute atomic E-state index is 0.114. The number of nitrogens with two attached hydrogens (primary N) is 1. The predicted octanol–water partition coefficient (Wildman–Crippen LogP) is 4.32. The van der Waals surface area contributed by atoms with Gasteiger partial charge in [-0.05, 0) is 63.1 Å². The third-order valence-electron chi connectivity index (χ3n) is 7.21. The third-order valence-corrected chi connectivity index (χ3v) is 7.21. The molecule has 9 heteroatoms. The quantitative estimate of drug-likeness (QED) is 0.295. The Morgan fingerprint density at radius 2 is 2.05 bits per heavy atom. The van der Waals surface area contributed by atoms with Crippen molar-refractivity contribution in [3.63, 3.8) is 0 Å². The van der Waals surface area contributed by atoms with Crippen molar-refractivity contribution < 1.29 is 9.84 Å². The Hall–Kier alpha value is -2.75. The summed E-state index contributed by atoms with van der Waals surface area (Å²) in [6, 6.07) is 0.386. The van der Waals surface area contributed by atoms with Crippen LogP contribution in [0.3, 0.4) is 0 Å². The largest absolute Gasteiger partial charge is 0.460 e. The van der Waals surface area contributed by atoms with Gasteiger partial charge in [-0.2, -0.15) is 19.6 Å². The van der Waals surface area contributed by atoms with Gasteiger partial charge in [0.2, 0.25) is 5.95 Å². The van der Waals surface area contributed by atoms with Crippen LogP contribution in [0.2, 0.25) is 0 Å². The van der Waals surface area contributed by atoms with E-state index >= 15 is 0 Å². The zero-order chi connectivity index (χ0) is 27.5. The van der Waals surface area contributed by atoms with Gasteiger partial charge in [-0.1, -0.05) is 58.1 Å². The molecule has 0 saturated carbocycles. The standard InChI is InChI=1S/C29H47N7O2/c1-6-23(12-10-16-30)26(37)13-9-7-8-11-22(4)19-31-28-34-29(38-24-14-17-35(5)18-15-24)33-27-25(21(2)3)20-32-36(27)28/h7-9,11,20-21,23-24,26,37H,4,6,10,12-19,30H2,1-3,5H3,(H,31,33,34)/b9-7+,11-8-/t23-,26?/m0/s1. The van der Waals surface area contributed by atoms with Crippen LogP contribution in [-0.2, 0) is 0 Å². The maximum atomic E-state index is 10.4. The summed E-state index contributed by atoms with van der Waals surface area (Å²) in [6.07, 6.45) is 14.9. The van der Waals surface area contributed by atoms with Gasteiger partial charge in [0.15, 0.2) is 5.65 Å². The number of fused-ring (bicyclic) bond motifs is 1. The molecule has 9 nitrogen and oxygen atoms in total. The van der Waals surface area contributed by atoms with Crippen LogP contribution in [0.4, 0.5) is 5.95 Å². The SMILES string of the molecule is C=C(/C=C\C=C\CC(O)[C@@H](CC)CCCN)CNc1nc(OC2CCN(C)CC2)nc2c(C(C)C)cnn12. The Balaban J connectivity index is 1.60. The van der Waals surface area contributed by atoms with Crippen LogP contribution in [0, 0.1) is 5.92 Å². The molecule has 1 aliphatic rings. The number of hydrogen-bond donors (Lipinski definition) is 3. The first kappa shape index (κ1) is 29.8. The molecule has 0 spiro atoms. The predicted molar refractivity (Wildman–Crippen MR) is 155 cm³/mol. The lowest BCUT2D eigenvalue weighted by Crippen LogP contribution is -2.36. The Bertz CT molecular complexity index is 1070. The first-order valence-electron chi connectivity index (χ1n) is 14.1. The Kier molecular flexibility index (Phi) is 11.8. The highest BCUT2D eigenvalue weighted by Gasteiger charge is 2.21. The van der Waals surface area contributed by atoms with Crippen molar-refractivity contribution in [2.45, 2.75) is 77.4 Å². The second-order valence-corrected chi connectivity index (χ2v) is 10.6. The average Bonchev–Trinajstić information content (AvgIpc) is 3.33. The Labute approximate surface area is 227 Å². The van der Waals surface area contributed by atoms with E-state index in [4.69, 9.17) is 15.5 Å². The number of anilines is 1. The topological polar surface area (TPSA) is 114 Å². The zero-order valence-electron chi connectivity index (χ0n) is 23.6. The molecule has 38 heavy (non-hydrogen) atoms. The van der Waals surface area contributed by atoms with Gasteiger partial charge in [0.25, 0.3) is 0 Å². The summed E-state index contributed by atoms with van der Waals surface area (Å²) in [4.78, 5) is 11.7. The summed E-state index contributed by atoms with van der Waals surface area (Å²) < 4.78 is 7.96. The minimum Gasteiger partial charge on any atom is -0.460 e. The first-order valence-corrected chi connectivity index (χ1v) is 14.1. The van der Waals surface area contributed by atoms with Crippen LogP contribution in [0.15, 0.2) is 42.7 Å². The summed E-state index contributed by atoms with van der Waals surface area (Å²) in [5.41, 5.74) is 8.33. The highest BCUT2D eigenvalue weighted by atomic mass is 16.5. The molecule has 0 aromatic carbocycles. The molecule has 1 saturated heterocycles. The lowest BCUT2D eigenvalue weighted by molar-refractivity contribution is 0.102. The maximum Gasteiger partial charge on any atom is 0.322 e. The summed E-state index contributed by atoms with van der Waals surface area (Å²) >= 11 is 0. The fourth-order valence-electron chi connectivity index (χ4n) is 4.68. The highest BCUT2D eigenvalue weighted by Crippen LogP contribution is 2.24. The van der Waals surface area contributed by atoms with E-state index in [1.54, 1.807) is 4.52 Å². The number of likely N-dealkylation sites (tertiary alicyclic amines) is 1. The van der Waals surface area contributed by atoms with Crippen molar-refractivity contribution in [3.05, 3.63) is 48.2 Å². The molecule has 210 valence electrons. The second-order valence-electron chi connectivity index (χ2n) is 10.6. The molecule has 2 aromatic heterocycles. The van der Waals surface area contributed by atoms with Crippen LogP contribution < -0.4 is 15.8 Å². The van der Waals surface area contributed by atoms with Gasteiger partial charge < -0.3 is 25.8 Å². The minimum atomic E-state index is -0.336. The molecule has 4 N–H and O–H groups in total. The molecule has 0 amide bonds. The summed E-state index contributed by atoms with van der Waals surface area (Å²) in [5, 5.41) is 18.3. The van der Waals surface area contributed by atoms with Crippen molar-refractivity contribution in [2.24, 2.45) is 11.7 Å². The van der Waals surface area contributed by atoms with Gasteiger partial charge in [-0.3, -0.25) is 0 Å². The third kappa shape index (κ3) is 8.64. The molecule has 0 bridgehead atoms. The second kappa shape index (κ2) is 15.0. The number of hydrogen-bond acceptors (Lipinski definition) is 8. The molecule has 1 unspecified atom stereocenters. The number of nitrogens with zero attached hydrogens (tertiary/aromatic N) is 5. The van der Waals surface area contributed by atoms with Gasteiger partial charge in [-0.25, -0.2) is 0 Å². The molecule has 1 fully saturated rings. The van der Waals surface area contributed by atoms with Crippen LogP contribution in [-0.4, -0.2) is 75.0 Å². The smallest absolute Gasteiger partial charge is 0.322 e. The van der Waals surface area contributed by atoms with E-state index in [1.807, 2.05) is 30.5 Å². The fraction of sp³-hybridized carbons (Fsp3) is 0.621. The number of nitrogens with one attached hydrogen (secondary N) is 1. The Morgan fingerprint density at radius 3 is 2.74 bits per heavy atom. The summed E-state index contributed by atoms with van der Waals surface area (Å²) in [6.45, 7) is 13.7. The summed E-state index contributed by atoms with van der Waals surface area (Å²) in [5.74, 6) is 1.16. The van der Waals surface area contributed by atoms with Crippen LogP contribution >= 0.6 is 0 Å². The molecule has 1 aliphatic heterocycles. The van der Waals surface area contributed by atoms with Gasteiger partial charge >= 0.3 is 6.01 Å². The van der Waals surface area contributed by atoms with E-state index < -0.39 is 0 Å². The molecule has 3 rings (SSSR count). The molecular formula is C29H47N7O2.